The van der Waals surface area contributed by atoms with E-state index in [9.17, 15) is 0 Å². The lowest BCUT2D eigenvalue weighted by atomic mass is 10.2. The molecule has 2 atom stereocenters. The Morgan fingerprint density at radius 1 is 1.33 bits per heavy atom. The summed E-state index contributed by atoms with van der Waals surface area (Å²) in [5.74, 6) is 0. The number of hydrogen-bond acceptors (Lipinski definition) is 3. The van der Waals surface area contributed by atoms with Gasteiger partial charge in [-0.15, -0.1) is 11.8 Å². The topological polar surface area (TPSA) is 24.9 Å². The number of rotatable bonds is 5. The zero-order valence-corrected chi connectivity index (χ0v) is 12.5. The van der Waals surface area contributed by atoms with E-state index in [0.717, 1.165) is 12.2 Å². The van der Waals surface area contributed by atoms with Crippen molar-refractivity contribution in [1.82, 2.24) is 10.3 Å². The van der Waals surface area contributed by atoms with Gasteiger partial charge in [0.1, 0.15) is 0 Å². The van der Waals surface area contributed by atoms with Gasteiger partial charge in [0.2, 0.25) is 0 Å². The molecule has 100 valence electrons. The Labute approximate surface area is 115 Å². The molecule has 0 spiro atoms. The van der Waals surface area contributed by atoms with E-state index in [1.165, 1.54) is 36.3 Å². The molecule has 1 aromatic rings. The van der Waals surface area contributed by atoms with E-state index in [1.807, 2.05) is 11.8 Å². The number of pyridine rings is 1. The molecule has 0 saturated heterocycles. The fourth-order valence-corrected chi connectivity index (χ4v) is 4.09. The van der Waals surface area contributed by atoms with Gasteiger partial charge in [-0.25, -0.2) is 4.98 Å². The van der Waals surface area contributed by atoms with Crippen LogP contribution < -0.4 is 5.32 Å². The van der Waals surface area contributed by atoms with Crippen molar-refractivity contribution in [2.45, 2.75) is 62.8 Å². The molecule has 1 N–H and O–H groups in total. The van der Waals surface area contributed by atoms with Crippen molar-refractivity contribution in [3.05, 3.63) is 23.4 Å². The highest BCUT2D eigenvalue weighted by Crippen LogP contribution is 2.34. The van der Waals surface area contributed by atoms with Crippen LogP contribution in [0.2, 0.25) is 0 Å². The van der Waals surface area contributed by atoms with Gasteiger partial charge in [-0.1, -0.05) is 13.3 Å². The minimum atomic E-state index is 0.678. The Kier molecular flexibility index (Phi) is 5.07. The second-order valence-electron chi connectivity index (χ2n) is 5.27. The minimum absolute atomic E-state index is 0.678. The molecular weight excluding hydrogens is 240 g/mol. The average molecular weight is 264 g/mol. The second kappa shape index (κ2) is 6.58. The number of nitrogens with zero attached hydrogens (tertiary/aromatic N) is 1. The summed E-state index contributed by atoms with van der Waals surface area (Å²) in [5, 5.41) is 5.58. The van der Waals surface area contributed by atoms with Crippen LogP contribution in [0.15, 0.2) is 17.2 Å². The molecule has 0 aromatic carbocycles. The maximum Gasteiger partial charge on any atom is 0.0968 e. The summed E-state index contributed by atoms with van der Waals surface area (Å²) < 4.78 is 0. The minimum Gasteiger partial charge on any atom is -0.313 e. The Morgan fingerprint density at radius 3 is 2.89 bits per heavy atom. The van der Waals surface area contributed by atoms with Gasteiger partial charge in [-0.3, -0.25) is 0 Å². The van der Waals surface area contributed by atoms with E-state index < -0.39 is 0 Å². The van der Waals surface area contributed by atoms with Crippen LogP contribution in [0.5, 0.6) is 0 Å². The van der Waals surface area contributed by atoms with Crippen LogP contribution in [0, 0.1) is 13.8 Å². The number of hydrogen-bond donors (Lipinski definition) is 1. The van der Waals surface area contributed by atoms with Gasteiger partial charge >= 0.3 is 0 Å². The molecule has 0 bridgehead atoms. The van der Waals surface area contributed by atoms with Crippen LogP contribution in [0.4, 0.5) is 0 Å². The van der Waals surface area contributed by atoms with Crippen LogP contribution in [-0.4, -0.2) is 22.8 Å². The number of thioether (sulfide) groups is 1. The first-order chi connectivity index (χ1) is 8.69. The van der Waals surface area contributed by atoms with E-state index in [-0.39, 0.29) is 0 Å². The Bertz CT molecular complexity index is 372. The molecule has 2 nitrogen and oxygen atoms in total. The maximum atomic E-state index is 4.65. The summed E-state index contributed by atoms with van der Waals surface area (Å²) in [6, 6.07) is 5.04. The highest BCUT2D eigenvalue weighted by molar-refractivity contribution is 7.99. The average Bonchev–Trinajstić information content (AvgIpc) is 2.72. The molecule has 0 radical (unpaired) electrons. The molecule has 18 heavy (non-hydrogen) atoms. The zero-order valence-electron chi connectivity index (χ0n) is 11.7. The SMILES string of the molecule is CCCNC1CCCC1Sc1cc(C)cc(C)n1. The highest BCUT2D eigenvalue weighted by atomic mass is 32.2. The molecule has 1 fully saturated rings. The molecule has 3 heteroatoms. The van der Waals surface area contributed by atoms with Crippen molar-refractivity contribution in [3.8, 4) is 0 Å². The first-order valence-corrected chi connectivity index (χ1v) is 7.92. The van der Waals surface area contributed by atoms with Gasteiger partial charge < -0.3 is 5.32 Å². The van der Waals surface area contributed by atoms with Gasteiger partial charge in [0.05, 0.1) is 5.03 Å². The molecule has 1 heterocycles. The molecule has 1 aliphatic carbocycles. The third kappa shape index (κ3) is 3.72. The summed E-state index contributed by atoms with van der Waals surface area (Å²) in [6.07, 6.45) is 5.21. The van der Waals surface area contributed by atoms with E-state index in [4.69, 9.17) is 0 Å². The van der Waals surface area contributed by atoms with Crippen LogP contribution in [0.25, 0.3) is 0 Å². The standard InChI is InChI=1S/C15H24N2S/c1-4-8-16-13-6-5-7-14(13)18-15-10-11(2)9-12(3)17-15/h9-10,13-14,16H,4-8H2,1-3H3. The monoisotopic (exact) mass is 264 g/mol. The number of aryl methyl sites for hydroxylation is 2. The largest absolute Gasteiger partial charge is 0.313 e. The van der Waals surface area contributed by atoms with Crippen molar-refractivity contribution in [2.24, 2.45) is 0 Å². The van der Waals surface area contributed by atoms with E-state index >= 15 is 0 Å². The normalized spacial score (nSPS) is 23.5. The Hall–Kier alpha value is -0.540. The summed E-state index contributed by atoms with van der Waals surface area (Å²) in [4.78, 5) is 4.65. The van der Waals surface area contributed by atoms with Crippen LogP contribution >= 0.6 is 11.8 Å². The lowest BCUT2D eigenvalue weighted by molar-refractivity contribution is 0.530. The molecule has 0 amide bonds. The lowest BCUT2D eigenvalue weighted by Gasteiger charge is -2.20. The summed E-state index contributed by atoms with van der Waals surface area (Å²) in [6.45, 7) is 7.61. The molecule has 0 aliphatic heterocycles. The van der Waals surface area contributed by atoms with Crippen LogP contribution in [0.3, 0.4) is 0 Å². The molecule has 1 aliphatic rings. The van der Waals surface area contributed by atoms with Crippen molar-refractivity contribution < 1.29 is 0 Å². The zero-order chi connectivity index (χ0) is 13.0. The first kappa shape index (κ1) is 13.9. The van der Waals surface area contributed by atoms with Gasteiger partial charge in [-0.2, -0.15) is 0 Å². The van der Waals surface area contributed by atoms with E-state index in [1.54, 1.807) is 0 Å². The molecule has 2 unspecified atom stereocenters. The molecule has 1 aromatic heterocycles. The third-order valence-corrected chi connectivity index (χ3v) is 4.77. The van der Waals surface area contributed by atoms with E-state index in [2.05, 4.69) is 43.2 Å². The van der Waals surface area contributed by atoms with Crippen molar-refractivity contribution in [2.75, 3.05) is 6.54 Å². The predicted octanol–water partition coefficient (Wildman–Crippen LogP) is 3.71. The van der Waals surface area contributed by atoms with Crippen LogP contribution in [0.1, 0.15) is 43.9 Å². The summed E-state index contributed by atoms with van der Waals surface area (Å²) in [5.41, 5.74) is 2.45. The highest BCUT2D eigenvalue weighted by Gasteiger charge is 2.27. The van der Waals surface area contributed by atoms with Crippen molar-refractivity contribution >= 4 is 11.8 Å². The van der Waals surface area contributed by atoms with Crippen molar-refractivity contribution in [1.29, 1.82) is 0 Å². The van der Waals surface area contributed by atoms with Gasteiger partial charge in [0.15, 0.2) is 0 Å². The van der Waals surface area contributed by atoms with E-state index in [0.29, 0.717) is 11.3 Å². The Balaban J connectivity index is 1.98. The maximum absolute atomic E-state index is 4.65. The van der Waals surface area contributed by atoms with Gasteiger partial charge in [0.25, 0.3) is 0 Å². The fourth-order valence-electron chi connectivity index (χ4n) is 2.65. The summed E-state index contributed by atoms with van der Waals surface area (Å²) in [7, 11) is 0. The fraction of sp³-hybridized carbons (Fsp3) is 0.667. The van der Waals surface area contributed by atoms with Crippen LogP contribution in [-0.2, 0) is 0 Å². The number of aromatic nitrogens is 1. The van der Waals surface area contributed by atoms with Gasteiger partial charge in [-0.05, 0) is 57.4 Å². The molecule has 2 rings (SSSR count). The molecular formula is C15H24N2S. The second-order valence-corrected chi connectivity index (χ2v) is 6.53. The first-order valence-electron chi connectivity index (χ1n) is 7.04. The smallest absolute Gasteiger partial charge is 0.0968 e. The predicted molar refractivity (Wildman–Crippen MR) is 79.3 cm³/mol. The molecule has 1 saturated carbocycles. The summed E-state index contributed by atoms with van der Waals surface area (Å²) >= 11 is 1.96. The number of nitrogens with one attached hydrogen (secondary N) is 1. The quantitative estimate of drug-likeness (QED) is 0.877. The van der Waals surface area contributed by atoms with Gasteiger partial charge in [0, 0.05) is 17.0 Å². The Morgan fingerprint density at radius 2 is 2.17 bits per heavy atom. The van der Waals surface area contributed by atoms with Crippen molar-refractivity contribution in [3.63, 3.8) is 0 Å². The third-order valence-electron chi connectivity index (χ3n) is 3.46. The lowest BCUT2D eigenvalue weighted by Crippen LogP contribution is -2.34.